The van der Waals surface area contributed by atoms with Crippen LogP contribution in [0.15, 0.2) is 36.7 Å². The molecule has 1 fully saturated rings. The van der Waals surface area contributed by atoms with Crippen molar-refractivity contribution >= 4 is 28.9 Å². The summed E-state index contributed by atoms with van der Waals surface area (Å²) in [7, 11) is 1.55. The van der Waals surface area contributed by atoms with E-state index < -0.39 is 5.91 Å². The number of nitrogens with one attached hydrogen (secondary N) is 1. The second-order valence-corrected chi connectivity index (χ2v) is 8.09. The molecule has 0 atom stereocenters. The third-order valence-electron chi connectivity index (χ3n) is 5.70. The average Bonchev–Trinajstić information content (AvgIpc) is 3.24. The number of hydrogen-bond donors (Lipinski definition) is 2. The SMILES string of the molecule is COc1c(Nc2cc(Cl)ncc2C(N)=O)cccc1-c1cn(C2CCCCC2)nc1C#N. The molecular formula is C23H23ClN6O2. The van der Waals surface area contributed by atoms with Crippen LogP contribution in [-0.2, 0) is 0 Å². The number of amides is 1. The fraction of sp³-hybridized carbons (Fsp3) is 0.304. The van der Waals surface area contributed by atoms with Gasteiger partial charge < -0.3 is 15.8 Å². The first-order valence-corrected chi connectivity index (χ1v) is 10.8. The van der Waals surface area contributed by atoms with Gasteiger partial charge in [-0.2, -0.15) is 10.4 Å². The minimum absolute atomic E-state index is 0.199. The third-order valence-corrected chi connectivity index (χ3v) is 5.91. The van der Waals surface area contributed by atoms with Crippen LogP contribution in [0.2, 0.25) is 5.15 Å². The lowest BCUT2D eigenvalue weighted by molar-refractivity contribution is 0.100. The highest BCUT2D eigenvalue weighted by atomic mass is 35.5. The van der Waals surface area contributed by atoms with Crippen molar-refractivity contribution < 1.29 is 9.53 Å². The van der Waals surface area contributed by atoms with E-state index in [2.05, 4.69) is 21.5 Å². The first-order valence-electron chi connectivity index (χ1n) is 10.4. The largest absolute Gasteiger partial charge is 0.494 e. The van der Waals surface area contributed by atoms with E-state index in [-0.39, 0.29) is 10.7 Å². The van der Waals surface area contributed by atoms with E-state index in [1.807, 2.05) is 23.0 Å². The number of nitriles is 1. The second-order valence-electron chi connectivity index (χ2n) is 7.70. The Hall–Kier alpha value is -3.57. The standard InChI is InChI=1S/C23H23ClN6O2/c1-32-22-15(17-13-30(29-20(17)11-25)14-6-3-2-4-7-14)8-5-9-18(22)28-19-10-21(24)27-12-16(19)23(26)31/h5,8-10,12-14H,2-4,6-7H2,1H3,(H2,26,31)(H,27,28). The molecule has 8 nitrogen and oxygen atoms in total. The predicted molar refractivity (Wildman–Crippen MR) is 122 cm³/mol. The van der Waals surface area contributed by atoms with Crippen LogP contribution in [0.1, 0.15) is 54.2 Å². The summed E-state index contributed by atoms with van der Waals surface area (Å²) in [5.74, 6) is -0.122. The summed E-state index contributed by atoms with van der Waals surface area (Å²) in [6.07, 6.45) is 8.94. The van der Waals surface area contributed by atoms with Crippen molar-refractivity contribution in [2.45, 2.75) is 38.1 Å². The molecule has 2 heterocycles. The molecule has 1 aliphatic rings. The number of benzene rings is 1. The summed E-state index contributed by atoms with van der Waals surface area (Å²) < 4.78 is 7.63. The molecule has 4 rings (SSSR count). The van der Waals surface area contributed by atoms with Crippen molar-refractivity contribution in [1.82, 2.24) is 14.8 Å². The minimum atomic E-state index is -0.632. The quantitative estimate of drug-likeness (QED) is 0.519. The van der Waals surface area contributed by atoms with Gasteiger partial charge in [0.1, 0.15) is 17.0 Å². The number of anilines is 2. The molecule has 3 N–H and O–H groups in total. The number of aromatic nitrogens is 3. The first kappa shape index (κ1) is 21.7. The van der Waals surface area contributed by atoms with Gasteiger partial charge in [-0.25, -0.2) is 4.98 Å². The smallest absolute Gasteiger partial charge is 0.252 e. The maximum atomic E-state index is 11.8. The Morgan fingerprint density at radius 3 is 2.75 bits per heavy atom. The van der Waals surface area contributed by atoms with Crippen molar-refractivity contribution in [3.8, 4) is 22.9 Å². The monoisotopic (exact) mass is 450 g/mol. The topological polar surface area (TPSA) is 119 Å². The number of halogens is 1. The number of hydrogen-bond acceptors (Lipinski definition) is 6. The number of para-hydroxylation sites is 1. The molecule has 3 aromatic rings. The molecule has 1 aliphatic carbocycles. The molecule has 0 bridgehead atoms. The highest BCUT2D eigenvalue weighted by Crippen LogP contribution is 2.40. The van der Waals surface area contributed by atoms with Crippen LogP contribution in [-0.4, -0.2) is 27.8 Å². The lowest BCUT2D eigenvalue weighted by Crippen LogP contribution is -2.14. The fourth-order valence-corrected chi connectivity index (χ4v) is 4.30. The zero-order chi connectivity index (χ0) is 22.7. The molecule has 0 saturated heterocycles. The summed E-state index contributed by atoms with van der Waals surface area (Å²) in [6, 6.07) is 9.55. The number of carbonyl (C=O) groups is 1. The lowest BCUT2D eigenvalue weighted by atomic mass is 9.96. The van der Waals surface area contributed by atoms with Crippen molar-refractivity contribution in [1.29, 1.82) is 5.26 Å². The van der Waals surface area contributed by atoms with Crippen LogP contribution in [0.3, 0.4) is 0 Å². The van der Waals surface area contributed by atoms with Crippen molar-refractivity contribution in [3.05, 3.63) is 53.1 Å². The Balaban J connectivity index is 1.76. The number of methoxy groups -OCH3 is 1. The van der Waals surface area contributed by atoms with E-state index in [0.717, 1.165) is 18.4 Å². The highest BCUT2D eigenvalue weighted by molar-refractivity contribution is 6.29. The molecule has 0 spiro atoms. The van der Waals surface area contributed by atoms with Crippen LogP contribution in [0.4, 0.5) is 11.4 Å². The lowest BCUT2D eigenvalue weighted by Gasteiger charge is -2.21. The van der Waals surface area contributed by atoms with Gasteiger partial charge in [-0.1, -0.05) is 43.0 Å². The minimum Gasteiger partial charge on any atom is -0.494 e. The molecule has 0 aliphatic heterocycles. The van der Waals surface area contributed by atoms with Gasteiger partial charge in [-0.3, -0.25) is 9.48 Å². The molecular weight excluding hydrogens is 428 g/mol. The third kappa shape index (κ3) is 4.25. The Labute approximate surface area is 191 Å². The van der Waals surface area contributed by atoms with Gasteiger partial charge in [-0.05, 0) is 25.0 Å². The second kappa shape index (κ2) is 9.28. The van der Waals surface area contributed by atoms with Gasteiger partial charge in [0.05, 0.1) is 30.1 Å². The summed E-state index contributed by atoms with van der Waals surface area (Å²) in [5, 5.41) is 17.7. The molecule has 1 amide bonds. The van der Waals surface area contributed by atoms with Crippen LogP contribution < -0.4 is 15.8 Å². The maximum absolute atomic E-state index is 11.8. The summed E-state index contributed by atoms with van der Waals surface area (Å²) in [4.78, 5) is 15.7. The number of carbonyl (C=O) groups excluding carboxylic acids is 1. The molecule has 1 saturated carbocycles. The van der Waals surface area contributed by atoms with Gasteiger partial charge in [0, 0.05) is 23.5 Å². The van der Waals surface area contributed by atoms with Crippen LogP contribution in [0.25, 0.3) is 11.1 Å². The van der Waals surface area contributed by atoms with E-state index in [0.29, 0.717) is 34.4 Å². The molecule has 164 valence electrons. The normalized spacial score (nSPS) is 14.0. The van der Waals surface area contributed by atoms with Gasteiger partial charge in [0.25, 0.3) is 5.91 Å². The van der Waals surface area contributed by atoms with Crippen LogP contribution >= 0.6 is 11.6 Å². The molecule has 0 radical (unpaired) electrons. The van der Waals surface area contributed by atoms with E-state index in [9.17, 15) is 10.1 Å². The van der Waals surface area contributed by atoms with Gasteiger partial charge in [0.2, 0.25) is 0 Å². The number of nitrogens with zero attached hydrogens (tertiary/aromatic N) is 4. The highest BCUT2D eigenvalue weighted by Gasteiger charge is 2.22. The Morgan fingerprint density at radius 1 is 1.28 bits per heavy atom. The summed E-state index contributed by atoms with van der Waals surface area (Å²) in [5.41, 5.74) is 8.43. The van der Waals surface area contributed by atoms with Crippen molar-refractivity contribution in [3.63, 3.8) is 0 Å². The summed E-state index contributed by atoms with van der Waals surface area (Å²) >= 11 is 6.02. The molecule has 9 heteroatoms. The molecule has 0 unspecified atom stereocenters. The van der Waals surface area contributed by atoms with E-state index in [1.54, 1.807) is 13.2 Å². The van der Waals surface area contributed by atoms with E-state index in [4.69, 9.17) is 22.1 Å². The van der Waals surface area contributed by atoms with Crippen molar-refractivity contribution in [2.24, 2.45) is 5.73 Å². The first-order chi connectivity index (χ1) is 15.5. The maximum Gasteiger partial charge on any atom is 0.252 e. The zero-order valence-electron chi connectivity index (χ0n) is 17.6. The number of pyridine rings is 1. The van der Waals surface area contributed by atoms with Crippen LogP contribution in [0.5, 0.6) is 5.75 Å². The Bertz CT molecular complexity index is 1190. The zero-order valence-corrected chi connectivity index (χ0v) is 18.4. The predicted octanol–water partition coefficient (Wildman–Crippen LogP) is 4.83. The van der Waals surface area contributed by atoms with Crippen LogP contribution in [0, 0.1) is 11.3 Å². The van der Waals surface area contributed by atoms with E-state index in [1.165, 1.54) is 31.5 Å². The molecule has 1 aromatic carbocycles. The molecule has 32 heavy (non-hydrogen) atoms. The number of rotatable bonds is 6. The average molecular weight is 451 g/mol. The van der Waals surface area contributed by atoms with E-state index >= 15 is 0 Å². The van der Waals surface area contributed by atoms with Gasteiger partial charge >= 0.3 is 0 Å². The van der Waals surface area contributed by atoms with Gasteiger partial charge in [-0.15, -0.1) is 0 Å². The Morgan fingerprint density at radius 2 is 2.06 bits per heavy atom. The number of ether oxygens (including phenoxy) is 1. The molecule has 2 aromatic heterocycles. The number of nitrogens with two attached hydrogens (primary N) is 1. The fourth-order valence-electron chi connectivity index (χ4n) is 4.15. The van der Waals surface area contributed by atoms with Crippen molar-refractivity contribution in [2.75, 3.05) is 12.4 Å². The Kier molecular flexibility index (Phi) is 6.28. The van der Waals surface area contributed by atoms with Gasteiger partial charge in [0.15, 0.2) is 5.69 Å². The number of primary amides is 1. The summed E-state index contributed by atoms with van der Waals surface area (Å²) in [6.45, 7) is 0.